The lowest BCUT2D eigenvalue weighted by molar-refractivity contribution is -0.0298. The van der Waals surface area contributed by atoms with Gasteiger partial charge in [0, 0.05) is 25.3 Å². The lowest BCUT2D eigenvalue weighted by Crippen LogP contribution is -2.17. The van der Waals surface area contributed by atoms with Gasteiger partial charge in [0.05, 0.1) is 17.4 Å². The number of nitrogens with one attached hydrogen (secondary N) is 1. The number of para-hydroxylation sites is 1. The quantitative estimate of drug-likeness (QED) is 0.338. The van der Waals surface area contributed by atoms with Crippen LogP contribution in [0.15, 0.2) is 55.1 Å². The Morgan fingerprint density at radius 1 is 1.14 bits per heavy atom. The zero-order chi connectivity index (χ0) is 25.4. The van der Waals surface area contributed by atoms with E-state index in [2.05, 4.69) is 25.3 Å². The number of hydrogen-bond acceptors (Lipinski definition) is 7. The Bertz CT molecular complexity index is 1590. The highest BCUT2D eigenvalue weighted by molar-refractivity contribution is 6.02. The van der Waals surface area contributed by atoms with E-state index in [1.165, 1.54) is 12.4 Å². The summed E-state index contributed by atoms with van der Waals surface area (Å²) in [6.07, 6.45) is 6.62. The van der Waals surface area contributed by atoms with Gasteiger partial charge in [-0.3, -0.25) is 9.13 Å². The van der Waals surface area contributed by atoms with Crippen molar-refractivity contribution in [3.63, 3.8) is 0 Å². The smallest absolute Gasteiger partial charge is 0.340 e. The summed E-state index contributed by atoms with van der Waals surface area (Å²) in [5.41, 5.74) is 2.27. The van der Waals surface area contributed by atoms with Gasteiger partial charge in [-0.15, -0.1) is 0 Å². The molecule has 0 radical (unpaired) electrons. The molecule has 0 bridgehead atoms. The lowest BCUT2D eigenvalue weighted by atomic mass is 10.1. The zero-order valence-electron chi connectivity index (χ0n) is 19.8. The van der Waals surface area contributed by atoms with E-state index in [1.54, 1.807) is 10.9 Å². The van der Waals surface area contributed by atoms with Crippen molar-refractivity contribution in [1.82, 2.24) is 29.1 Å². The Labute approximate surface area is 210 Å². The molecular weight excluding hydrogens is 477 g/mol. The van der Waals surface area contributed by atoms with Crippen molar-refractivity contribution in [2.45, 2.75) is 31.9 Å². The van der Waals surface area contributed by atoms with Crippen LogP contribution in [0.2, 0.25) is 0 Å². The minimum atomic E-state index is -1.34. The van der Waals surface area contributed by atoms with Crippen molar-refractivity contribution in [3.05, 3.63) is 72.3 Å². The number of fused-ring (bicyclic) bond motifs is 2. The predicted octanol–water partition coefficient (Wildman–Crippen LogP) is 4.36. The Hall–Kier alpha value is -4.38. The van der Waals surface area contributed by atoms with Crippen LogP contribution in [-0.4, -0.2) is 53.3 Å². The maximum atomic E-state index is 14.6. The molecule has 0 saturated carbocycles. The van der Waals surface area contributed by atoms with E-state index in [9.17, 15) is 14.3 Å². The highest BCUT2D eigenvalue weighted by Gasteiger charge is 2.23. The number of rotatable bonds is 7. The number of nitrogens with zero attached hydrogens (tertiary/aromatic N) is 6. The van der Waals surface area contributed by atoms with Crippen LogP contribution in [-0.2, 0) is 11.2 Å². The van der Waals surface area contributed by atoms with Crippen LogP contribution in [0.3, 0.4) is 0 Å². The number of carbonyl (C=O) groups is 1. The number of anilines is 1. The van der Waals surface area contributed by atoms with Crippen molar-refractivity contribution in [2.24, 2.45) is 0 Å². The van der Waals surface area contributed by atoms with Gasteiger partial charge in [-0.05, 0) is 43.5 Å². The first-order valence-electron chi connectivity index (χ1n) is 12.1. The number of carboxylic acids is 1. The van der Waals surface area contributed by atoms with Gasteiger partial charge < -0.3 is 15.2 Å². The summed E-state index contributed by atoms with van der Waals surface area (Å²) >= 11 is 0. The second-order valence-corrected chi connectivity index (χ2v) is 8.84. The number of hydrogen-bond donors (Lipinski definition) is 2. The predicted molar refractivity (Wildman–Crippen MR) is 134 cm³/mol. The fraction of sp³-hybridized carbons (Fsp3) is 0.269. The third-order valence-corrected chi connectivity index (χ3v) is 6.53. The first-order chi connectivity index (χ1) is 18.1. The third-order valence-electron chi connectivity index (χ3n) is 6.53. The molecule has 1 aliphatic rings. The molecule has 1 fully saturated rings. The molecule has 2 N–H and O–H groups in total. The molecule has 11 heteroatoms. The number of benzene rings is 2. The van der Waals surface area contributed by atoms with Crippen LogP contribution in [0.4, 0.5) is 10.2 Å². The van der Waals surface area contributed by atoms with Gasteiger partial charge >= 0.3 is 5.97 Å². The molecule has 1 aliphatic heterocycles. The highest BCUT2D eigenvalue weighted by atomic mass is 19.1. The lowest BCUT2D eigenvalue weighted by Gasteiger charge is -2.23. The van der Waals surface area contributed by atoms with Gasteiger partial charge in [0.1, 0.15) is 29.8 Å². The maximum Gasteiger partial charge on any atom is 0.340 e. The minimum Gasteiger partial charge on any atom is -0.478 e. The molecule has 6 rings (SSSR count). The summed E-state index contributed by atoms with van der Waals surface area (Å²) in [7, 11) is 0. The average molecular weight is 502 g/mol. The van der Waals surface area contributed by atoms with Crippen LogP contribution in [0, 0.1) is 5.82 Å². The molecule has 0 aliphatic carbocycles. The maximum absolute atomic E-state index is 14.6. The van der Waals surface area contributed by atoms with Crippen molar-refractivity contribution in [2.75, 3.05) is 18.5 Å². The number of aromatic carboxylic acids is 1. The highest BCUT2D eigenvalue weighted by Crippen LogP contribution is 2.29. The molecule has 1 unspecified atom stereocenters. The number of aromatic nitrogens is 6. The Kier molecular flexibility index (Phi) is 5.97. The van der Waals surface area contributed by atoms with E-state index in [0.29, 0.717) is 47.0 Å². The van der Waals surface area contributed by atoms with Crippen molar-refractivity contribution >= 4 is 34.0 Å². The Morgan fingerprint density at radius 2 is 2.00 bits per heavy atom. The first kappa shape index (κ1) is 23.0. The van der Waals surface area contributed by atoms with Crippen molar-refractivity contribution < 1.29 is 19.0 Å². The topological polar surface area (TPSA) is 120 Å². The van der Waals surface area contributed by atoms with E-state index in [1.807, 2.05) is 34.9 Å². The SMILES string of the molecule is O=C(O)c1c(F)ccc2nc(CCNc3ncnc4c3ncn4C3CCCCO3)n(-c3ccccc3)c12. The van der Waals surface area contributed by atoms with Crippen LogP contribution < -0.4 is 5.32 Å². The van der Waals surface area contributed by atoms with E-state index < -0.39 is 17.3 Å². The summed E-state index contributed by atoms with van der Waals surface area (Å²) < 4.78 is 24.1. The van der Waals surface area contributed by atoms with E-state index >= 15 is 0 Å². The summed E-state index contributed by atoms with van der Waals surface area (Å²) in [6.45, 7) is 1.15. The number of ether oxygens (including phenoxy) is 1. The van der Waals surface area contributed by atoms with Gasteiger partial charge in [-0.2, -0.15) is 0 Å². The monoisotopic (exact) mass is 501 g/mol. The standard InChI is InChI=1S/C26H24FN7O3/c27-17-9-10-18-23(21(17)26(35)36)34(16-6-2-1-3-7-16)19(32-18)11-12-28-24-22-25(30-14-29-24)33(15-31-22)20-8-4-5-13-37-20/h1-3,6-7,9-10,14-15,20H,4-5,8,11-13H2,(H,35,36)(H,28,29,30). The van der Waals surface area contributed by atoms with Gasteiger partial charge in [0.2, 0.25) is 0 Å². The summed E-state index contributed by atoms with van der Waals surface area (Å²) in [5.74, 6) is -0.971. The van der Waals surface area contributed by atoms with Gasteiger partial charge in [-0.25, -0.2) is 29.1 Å². The fourth-order valence-corrected chi connectivity index (χ4v) is 4.84. The van der Waals surface area contributed by atoms with Crippen LogP contribution in [0.1, 0.15) is 41.7 Å². The normalized spacial score (nSPS) is 15.9. The van der Waals surface area contributed by atoms with Gasteiger partial charge in [0.25, 0.3) is 0 Å². The molecule has 188 valence electrons. The molecule has 1 atom stereocenters. The number of imidazole rings is 2. The average Bonchev–Trinajstić information content (AvgIpc) is 3.51. The van der Waals surface area contributed by atoms with Crippen molar-refractivity contribution in [3.8, 4) is 5.69 Å². The van der Waals surface area contributed by atoms with E-state index in [-0.39, 0.29) is 11.7 Å². The van der Waals surface area contributed by atoms with Crippen LogP contribution in [0.25, 0.3) is 27.9 Å². The zero-order valence-corrected chi connectivity index (χ0v) is 19.8. The van der Waals surface area contributed by atoms with Crippen molar-refractivity contribution in [1.29, 1.82) is 0 Å². The Morgan fingerprint density at radius 3 is 2.78 bits per heavy atom. The molecule has 0 amide bonds. The number of carboxylic acid groups (broad SMARTS) is 1. The van der Waals surface area contributed by atoms with Gasteiger partial charge in [0.15, 0.2) is 17.0 Å². The largest absolute Gasteiger partial charge is 0.478 e. The second kappa shape index (κ2) is 9.58. The summed E-state index contributed by atoms with van der Waals surface area (Å²) in [4.78, 5) is 29.9. The molecule has 37 heavy (non-hydrogen) atoms. The third kappa shape index (κ3) is 4.16. The fourth-order valence-electron chi connectivity index (χ4n) is 4.84. The van der Waals surface area contributed by atoms with E-state index in [0.717, 1.165) is 31.9 Å². The van der Waals surface area contributed by atoms with Crippen LogP contribution >= 0.6 is 0 Å². The molecule has 0 spiro atoms. The molecule has 3 aromatic heterocycles. The van der Waals surface area contributed by atoms with E-state index in [4.69, 9.17) is 4.74 Å². The number of halogens is 1. The Balaban J connectivity index is 1.32. The minimum absolute atomic E-state index is 0.0869. The second-order valence-electron chi connectivity index (χ2n) is 8.84. The summed E-state index contributed by atoms with van der Waals surface area (Å²) in [5, 5.41) is 13.1. The molecule has 5 aromatic rings. The first-order valence-corrected chi connectivity index (χ1v) is 12.1. The summed E-state index contributed by atoms with van der Waals surface area (Å²) in [6, 6.07) is 11.9. The molecular formula is C26H24FN7O3. The molecule has 4 heterocycles. The van der Waals surface area contributed by atoms with Gasteiger partial charge in [-0.1, -0.05) is 18.2 Å². The van der Waals surface area contributed by atoms with Crippen LogP contribution in [0.5, 0.6) is 0 Å². The molecule has 2 aromatic carbocycles. The molecule has 10 nitrogen and oxygen atoms in total. The molecule has 1 saturated heterocycles.